The van der Waals surface area contributed by atoms with E-state index < -0.39 is 0 Å². The van der Waals surface area contributed by atoms with E-state index in [1.165, 1.54) is 19.3 Å². The Labute approximate surface area is 102 Å². The van der Waals surface area contributed by atoms with Gasteiger partial charge in [-0.25, -0.2) is 4.98 Å². The van der Waals surface area contributed by atoms with Crippen LogP contribution in [0.25, 0.3) is 0 Å². The van der Waals surface area contributed by atoms with Gasteiger partial charge >= 0.3 is 0 Å². The summed E-state index contributed by atoms with van der Waals surface area (Å²) in [6, 6.07) is 0. The highest BCUT2D eigenvalue weighted by Crippen LogP contribution is 2.39. The molecule has 90 valence electrons. The molecule has 0 aromatic carbocycles. The van der Waals surface area contributed by atoms with Crippen molar-refractivity contribution in [3.05, 3.63) is 11.1 Å². The maximum absolute atomic E-state index is 5.59. The first-order chi connectivity index (χ1) is 7.73. The fourth-order valence-corrected chi connectivity index (χ4v) is 3.33. The summed E-state index contributed by atoms with van der Waals surface area (Å²) in [5, 5.41) is 3.23. The molecule has 1 aromatic rings. The minimum Gasteiger partial charge on any atom is -0.348 e. The normalized spacial score (nSPS) is 19.3. The van der Waals surface area contributed by atoms with E-state index in [2.05, 4.69) is 29.1 Å². The van der Waals surface area contributed by atoms with Crippen molar-refractivity contribution < 1.29 is 0 Å². The third-order valence-electron chi connectivity index (χ3n) is 3.96. The summed E-state index contributed by atoms with van der Waals surface area (Å²) in [6.45, 7) is 7.48. The summed E-state index contributed by atoms with van der Waals surface area (Å²) in [7, 11) is 0. The van der Waals surface area contributed by atoms with E-state index in [1.54, 1.807) is 11.3 Å². The largest absolute Gasteiger partial charge is 0.348 e. The highest BCUT2D eigenvalue weighted by Gasteiger charge is 2.35. The lowest BCUT2D eigenvalue weighted by atomic mass is 9.82. The number of thiazole rings is 1. The van der Waals surface area contributed by atoms with Crippen molar-refractivity contribution in [2.75, 3.05) is 18.0 Å². The molecule has 2 rings (SSSR count). The van der Waals surface area contributed by atoms with Crippen molar-refractivity contribution in [2.24, 2.45) is 11.1 Å². The average molecular weight is 239 g/mol. The molecule has 1 aliphatic rings. The summed E-state index contributed by atoms with van der Waals surface area (Å²) in [5.74, 6) is 0. The van der Waals surface area contributed by atoms with Crippen molar-refractivity contribution in [1.29, 1.82) is 0 Å². The first-order valence-electron chi connectivity index (χ1n) is 6.12. The summed E-state index contributed by atoms with van der Waals surface area (Å²) in [4.78, 5) is 6.99. The van der Waals surface area contributed by atoms with Gasteiger partial charge in [0.15, 0.2) is 5.13 Å². The zero-order chi connectivity index (χ0) is 11.6. The molecule has 1 saturated heterocycles. The predicted octanol–water partition coefficient (Wildman–Crippen LogP) is 2.62. The zero-order valence-corrected chi connectivity index (χ0v) is 11.0. The number of nitrogens with zero attached hydrogens (tertiary/aromatic N) is 2. The van der Waals surface area contributed by atoms with Crippen LogP contribution < -0.4 is 10.6 Å². The first kappa shape index (κ1) is 11.9. The van der Waals surface area contributed by atoms with E-state index in [-0.39, 0.29) is 0 Å². The standard InChI is InChI=1S/C12H21N3S/c1-3-12(4-2)5-6-15(9-12)11-14-10(7-13)8-16-11/h8H,3-7,9,13H2,1-2H3. The van der Waals surface area contributed by atoms with Crippen molar-refractivity contribution in [1.82, 2.24) is 4.98 Å². The highest BCUT2D eigenvalue weighted by atomic mass is 32.1. The number of hydrogen-bond donors (Lipinski definition) is 1. The smallest absolute Gasteiger partial charge is 0.185 e. The number of anilines is 1. The number of rotatable bonds is 4. The lowest BCUT2D eigenvalue weighted by Crippen LogP contribution is -2.26. The molecule has 0 radical (unpaired) electrons. The van der Waals surface area contributed by atoms with Crippen molar-refractivity contribution >= 4 is 16.5 Å². The van der Waals surface area contributed by atoms with Gasteiger partial charge in [0.1, 0.15) is 0 Å². The van der Waals surface area contributed by atoms with Crippen LogP contribution in [-0.2, 0) is 6.54 Å². The van der Waals surface area contributed by atoms with Crippen LogP contribution >= 0.6 is 11.3 Å². The molecule has 4 heteroatoms. The number of aromatic nitrogens is 1. The predicted molar refractivity (Wildman–Crippen MR) is 69.9 cm³/mol. The molecule has 3 nitrogen and oxygen atoms in total. The molecular formula is C12H21N3S. The minimum atomic E-state index is 0.522. The highest BCUT2D eigenvalue weighted by molar-refractivity contribution is 7.13. The molecule has 0 spiro atoms. The van der Waals surface area contributed by atoms with Gasteiger partial charge in [-0.1, -0.05) is 13.8 Å². The Bertz CT molecular complexity index is 344. The third-order valence-corrected chi connectivity index (χ3v) is 4.91. The van der Waals surface area contributed by atoms with Gasteiger partial charge in [-0.05, 0) is 24.7 Å². The molecule has 1 fully saturated rings. The van der Waals surface area contributed by atoms with Gasteiger partial charge in [0.25, 0.3) is 0 Å². The maximum Gasteiger partial charge on any atom is 0.185 e. The summed E-state index contributed by atoms with van der Waals surface area (Å²) in [5.41, 5.74) is 7.13. The average Bonchev–Trinajstić information content (AvgIpc) is 2.96. The van der Waals surface area contributed by atoms with E-state index in [0.717, 1.165) is 23.9 Å². The molecule has 1 aliphatic heterocycles. The van der Waals surface area contributed by atoms with Gasteiger partial charge in [0.05, 0.1) is 5.69 Å². The molecule has 2 N–H and O–H groups in total. The fourth-order valence-electron chi connectivity index (χ4n) is 2.46. The summed E-state index contributed by atoms with van der Waals surface area (Å²) >= 11 is 1.73. The second kappa shape index (κ2) is 4.72. The van der Waals surface area contributed by atoms with Crippen molar-refractivity contribution in [2.45, 2.75) is 39.7 Å². The lowest BCUT2D eigenvalue weighted by Gasteiger charge is -2.26. The van der Waals surface area contributed by atoms with Gasteiger partial charge in [-0.3, -0.25) is 0 Å². The van der Waals surface area contributed by atoms with Crippen LogP contribution in [0.3, 0.4) is 0 Å². The Hall–Kier alpha value is -0.610. The van der Waals surface area contributed by atoms with Gasteiger partial charge in [-0.15, -0.1) is 11.3 Å². The Morgan fingerprint density at radius 1 is 1.50 bits per heavy atom. The molecule has 0 atom stereocenters. The molecule has 0 saturated carbocycles. The molecule has 0 unspecified atom stereocenters. The van der Waals surface area contributed by atoms with Gasteiger partial charge in [0.2, 0.25) is 0 Å². The Morgan fingerprint density at radius 2 is 2.25 bits per heavy atom. The minimum absolute atomic E-state index is 0.522. The molecule has 0 aliphatic carbocycles. The molecule has 2 heterocycles. The summed E-state index contributed by atoms with van der Waals surface area (Å²) < 4.78 is 0. The van der Waals surface area contributed by atoms with E-state index in [4.69, 9.17) is 5.73 Å². The van der Waals surface area contributed by atoms with Crippen LogP contribution in [0.1, 0.15) is 38.8 Å². The molecule has 0 bridgehead atoms. The van der Waals surface area contributed by atoms with Crippen molar-refractivity contribution in [3.8, 4) is 0 Å². The first-order valence-corrected chi connectivity index (χ1v) is 7.00. The Kier molecular flexibility index (Phi) is 3.50. The monoisotopic (exact) mass is 239 g/mol. The van der Waals surface area contributed by atoms with Crippen molar-refractivity contribution in [3.63, 3.8) is 0 Å². The fraction of sp³-hybridized carbons (Fsp3) is 0.750. The van der Waals surface area contributed by atoms with Crippen LogP contribution in [0, 0.1) is 5.41 Å². The van der Waals surface area contributed by atoms with Gasteiger partial charge in [0, 0.05) is 25.0 Å². The third kappa shape index (κ3) is 2.09. The lowest BCUT2D eigenvalue weighted by molar-refractivity contribution is 0.301. The Balaban J connectivity index is 2.08. The van der Waals surface area contributed by atoms with E-state index in [1.807, 2.05) is 0 Å². The van der Waals surface area contributed by atoms with E-state index in [9.17, 15) is 0 Å². The Morgan fingerprint density at radius 3 is 2.75 bits per heavy atom. The van der Waals surface area contributed by atoms with E-state index >= 15 is 0 Å². The maximum atomic E-state index is 5.59. The van der Waals surface area contributed by atoms with Crippen LogP contribution in [0.15, 0.2) is 5.38 Å². The summed E-state index contributed by atoms with van der Waals surface area (Å²) in [6.07, 6.45) is 3.85. The van der Waals surface area contributed by atoms with Crippen LogP contribution in [0.4, 0.5) is 5.13 Å². The molecule has 16 heavy (non-hydrogen) atoms. The van der Waals surface area contributed by atoms with Crippen LogP contribution in [0.2, 0.25) is 0 Å². The zero-order valence-electron chi connectivity index (χ0n) is 10.2. The molecule has 1 aromatic heterocycles. The topological polar surface area (TPSA) is 42.2 Å². The SMILES string of the molecule is CCC1(CC)CCN(c2nc(CN)cs2)C1. The number of hydrogen-bond acceptors (Lipinski definition) is 4. The second-order valence-corrected chi connectivity index (χ2v) is 5.54. The second-order valence-electron chi connectivity index (χ2n) is 4.70. The van der Waals surface area contributed by atoms with Gasteiger partial charge < -0.3 is 10.6 Å². The van der Waals surface area contributed by atoms with E-state index in [0.29, 0.717) is 12.0 Å². The molecular weight excluding hydrogens is 218 g/mol. The number of nitrogens with two attached hydrogens (primary N) is 1. The molecule has 0 amide bonds. The van der Waals surface area contributed by atoms with Crippen LogP contribution in [-0.4, -0.2) is 18.1 Å². The van der Waals surface area contributed by atoms with Gasteiger partial charge in [-0.2, -0.15) is 0 Å². The van der Waals surface area contributed by atoms with Crippen LogP contribution in [0.5, 0.6) is 0 Å². The quantitative estimate of drug-likeness (QED) is 0.878.